The average Bonchev–Trinajstić information content (AvgIpc) is 2.85. The lowest BCUT2D eigenvalue weighted by Gasteiger charge is -2.25. The van der Waals surface area contributed by atoms with Crippen molar-refractivity contribution in [1.82, 2.24) is 19.6 Å². The number of aliphatic imine (C=N–C) groups is 1. The number of pyridine rings is 1. The third-order valence-electron chi connectivity index (χ3n) is 3.19. The van der Waals surface area contributed by atoms with Crippen LogP contribution in [0.3, 0.4) is 0 Å². The molecule has 0 spiro atoms. The predicted octanol–water partition coefficient (Wildman–Crippen LogP) is 1.12. The molecule has 2 aromatic heterocycles. The fourth-order valence-corrected chi connectivity index (χ4v) is 2.16. The quantitative estimate of drug-likeness (QED) is 0.859. The van der Waals surface area contributed by atoms with E-state index in [0.717, 1.165) is 37.5 Å². The molecule has 0 aromatic carbocycles. The van der Waals surface area contributed by atoms with Crippen LogP contribution in [0, 0.1) is 0 Å². The average molecular weight is 243 g/mol. The summed E-state index contributed by atoms with van der Waals surface area (Å²) in [5, 5.41) is 3.39. The lowest BCUT2D eigenvalue weighted by Crippen LogP contribution is -2.41. The summed E-state index contributed by atoms with van der Waals surface area (Å²) in [5.41, 5.74) is 2.34. The number of hydrogen-bond donors (Lipinski definition) is 1. The Morgan fingerprint density at radius 3 is 3.22 bits per heavy atom. The van der Waals surface area contributed by atoms with Gasteiger partial charge >= 0.3 is 0 Å². The van der Waals surface area contributed by atoms with Gasteiger partial charge in [0.15, 0.2) is 5.96 Å². The molecule has 0 atom stereocenters. The van der Waals surface area contributed by atoms with Gasteiger partial charge in [0.05, 0.1) is 18.0 Å². The van der Waals surface area contributed by atoms with Crippen LogP contribution in [0.5, 0.6) is 0 Å². The van der Waals surface area contributed by atoms with Gasteiger partial charge in [-0.1, -0.05) is 6.07 Å². The monoisotopic (exact) mass is 243 g/mol. The molecule has 94 valence electrons. The minimum absolute atomic E-state index is 0.789. The topological polar surface area (TPSA) is 44.9 Å². The van der Waals surface area contributed by atoms with Gasteiger partial charge in [0.2, 0.25) is 0 Å². The van der Waals surface area contributed by atoms with E-state index in [2.05, 4.69) is 45.6 Å². The summed E-state index contributed by atoms with van der Waals surface area (Å²) in [6.07, 6.45) is 6.92. The van der Waals surface area contributed by atoms with Crippen molar-refractivity contribution >= 4 is 11.5 Å². The summed E-state index contributed by atoms with van der Waals surface area (Å²) in [6.45, 7) is 2.79. The standard InChI is InChI=1S/C13H17N5/c1-17-6-2-5-15-13(17)16-7-11-3-4-12-8-14-10-18(12)9-11/h3-4,8-10H,2,5-7H2,1H3,(H,15,16). The van der Waals surface area contributed by atoms with Crippen LogP contribution in [0.15, 0.2) is 35.8 Å². The molecule has 5 heteroatoms. The molecule has 1 aliphatic heterocycles. The lowest BCUT2D eigenvalue weighted by atomic mass is 10.2. The van der Waals surface area contributed by atoms with E-state index in [1.165, 1.54) is 5.56 Å². The number of nitrogens with one attached hydrogen (secondary N) is 1. The highest BCUT2D eigenvalue weighted by molar-refractivity contribution is 5.80. The summed E-state index contributed by atoms with van der Waals surface area (Å²) in [6, 6.07) is 4.20. The second-order valence-electron chi connectivity index (χ2n) is 4.60. The fourth-order valence-electron chi connectivity index (χ4n) is 2.16. The molecule has 18 heavy (non-hydrogen) atoms. The second kappa shape index (κ2) is 4.68. The van der Waals surface area contributed by atoms with Crippen LogP contribution in [0.4, 0.5) is 0 Å². The molecule has 0 amide bonds. The minimum atomic E-state index is 0.789. The molecule has 1 aliphatic rings. The van der Waals surface area contributed by atoms with Gasteiger partial charge in [0, 0.05) is 32.9 Å². The van der Waals surface area contributed by atoms with Crippen molar-refractivity contribution in [2.75, 3.05) is 20.1 Å². The number of guanidine groups is 1. The highest BCUT2D eigenvalue weighted by atomic mass is 15.3. The van der Waals surface area contributed by atoms with Gasteiger partial charge < -0.3 is 14.6 Å². The zero-order valence-electron chi connectivity index (χ0n) is 10.5. The normalized spacial score (nSPS) is 15.8. The molecule has 3 heterocycles. The molecule has 3 rings (SSSR count). The Morgan fingerprint density at radius 1 is 1.39 bits per heavy atom. The van der Waals surface area contributed by atoms with Crippen LogP contribution >= 0.6 is 0 Å². The Hall–Kier alpha value is -2.04. The summed E-state index contributed by atoms with van der Waals surface area (Å²) in [4.78, 5) is 10.8. The number of nitrogens with zero attached hydrogens (tertiary/aromatic N) is 4. The van der Waals surface area contributed by atoms with Crippen LogP contribution in [0.1, 0.15) is 12.0 Å². The van der Waals surface area contributed by atoms with Gasteiger partial charge in [-0.25, -0.2) is 4.98 Å². The van der Waals surface area contributed by atoms with Crippen molar-refractivity contribution < 1.29 is 0 Å². The second-order valence-corrected chi connectivity index (χ2v) is 4.60. The van der Waals surface area contributed by atoms with Gasteiger partial charge in [0.25, 0.3) is 0 Å². The number of rotatable bonds is 2. The first kappa shape index (κ1) is 11.1. The minimum Gasteiger partial charge on any atom is -0.352 e. The number of aromatic nitrogens is 2. The van der Waals surface area contributed by atoms with Gasteiger partial charge in [-0.05, 0) is 18.1 Å². The number of fused-ring (bicyclic) bond motifs is 1. The van der Waals surface area contributed by atoms with E-state index in [4.69, 9.17) is 0 Å². The van der Waals surface area contributed by atoms with Gasteiger partial charge in [-0.2, -0.15) is 0 Å². The Bertz CT molecular complexity index is 572. The van der Waals surface area contributed by atoms with Gasteiger partial charge in [0.1, 0.15) is 0 Å². The molecule has 0 radical (unpaired) electrons. The molecule has 0 saturated heterocycles. The van der Waals surface area contributed by atoms with Gasteiger partial charge in [-0.15, -0.1) is 0 Å². The van der Waals surface area contributed by atoms with E-state index in [0.29, 0.717) is 0 Å². The van der Waals surface area contributed by atoms with E-state index in [-0.39, 0.29) is 0 Å². The molecule has 2 aromatic rings. The maximum absolute atomic E-state index is 4.49. The Balaban J connectivity index is 1.70. The van der Waals surface area contributed by atoms with Crippen molar-refractivity contribution in [1.29, 1.82) is 0 Å². The summed E-state index contributed by atoms with van der Waals surface area (Å²) < 4.78 is 2.03. The zero-order valence-corrected chi connectivity index (χ0v) is 10.5. The SMILES string of the molecule is CN1CCCN=C1NCc1ccc2cncn2c1. The van der Waals surface area contributed by atoms with Crippen LogP contribution in [0.25, 0.3) is 5.52 Å². The molecule has 0 bridgehead atoms. The first-order valence-electron chi connectivity index (χ1n) is 6.23. The van der Waals surface area contributed by atoms with E-state index >= 15 is 0 Å². The Kier molecular flexibility index (Phi) is 2.88. The number of imidazole rings is 1. The zero-order chi connectivity index (χ0) is 12.4. The number of hydrogen-bond acceptors (Lipinski definition) is 4. The smallest absolute Gasteiger partial charge is 0.193 e. The van der Waals surface area contributed by atoms with Crippen LogP contribution in [0.2, 0.25) is 0 Å². The van der Waals surface area contributed by atoms with Crippen LogP contribution in [-0.4, -0.2) is 40.4 Å². The Morgan fingerprint density at radius 2 is 2.33 bits per heavy atom. The highest BCUT2D eigenvalue weighted by Gasteiger charge is 2.09. The van der Waals surface area contributed by atoms with Crippen molar-refractivity contribution in [3.63, 3.8) is 0 Å². The molecule has 0 saturated carbocycles. The lowest BCUT2D eigenvalue weighted by molar-refractivity contribution is 0.446. The molecular weight excluding hydrogens is 226 g/mol. The highest BCUT2D eigenvalue weighted by Crippen LogP contribution is 2.06. The van der Waals surface area contributed by atoms with Crippen molar-refractivity contribution in [3.8, 4) is 0 Å². The van der Waals surface area contributed by atoms with E-state index in [9.17, 15) is 0 Å². The molecule has 0 fully saturated rings. The predicted molar refractivity (Wildman–Crippen MR) is 71.6 cm³/mol. The van der Waals surface area contributed by atoms with Crippen molar-refractivity contribution in [2.45, 2.75) is 13.0 Å². The van der Waals surface area contributed by atoms with Gasteiger partial charge in [-0.3, -0.25) is 4.99 Å². The molecular formula is C13H17N5. The van der Waals surface area contributed by atoms with Crippen LogP contribution in [-0.2, 0) is 6.54 Å². The molecule has 5 nitrogen and oxygen atoms in total. The van der Waals surface area contributed by atoms with E-state index < -0.39 is 0 Å². The third-order valence-corrected chi connectivity index (χ3v) is 3.19. The summed E-state index contributed by atoms with van der Waals surface area (Å²) in [7, 11) is 2.07. The van der Waals surface area contributed by atoms with Crippen molar-refractivity contribution in [2.24, 2.45) is 4.99 Å². The first-order chi connectivity index (χ1) is 8.83. The maximum Gasteiger partial charge on any atom is 0.193 e. The van der Waals surface area contributed by atoms with E-state index in [1.54, 1.807) is 0 Å². The maximum atomic E-state index is 4.49. The fraction of sp³-hybridized carbons (Fsp3) is 0.385. The first-order valence-corrected chi connectivity index (χ1v) is 6.23. The molecule has 0 aliphatic carbocycles. The summed E-state index contributed by atoms with van der Waals surface area (Å²) in [5.74, 6) is 0.993. The Labute approximate surface area is 106 Å². The van der Waals surface area contributed by atoms with E-state index in [1.807, 2.05) is 16.9 Å². The molecule has 0 unspecified atom stereocenters. The van der Waals surface area contributed by atoms with Crippen LogP contribution < -0.4 is 5.32 Å². The third kappa shape index (κ3) is 2.16. The van der Waals surface area contributed by atoms with Crippen molar-refractivity contribution in [3.05, 3.63) is 36.4 Å². The molecule has 1 N–H and O–H groups in total. The summed E-state index contributed by atoms with van der Waals surface area (Å²) >= 11 is 0. The largest absolute Gasteiger partial charge is 0.352 e.